The Kier molecular flexibility index (Phi) is 2.47. The van der Waals surface area contributed by atoms with Crippen molar-refractivity contribution in [2.45, 2.75) is 19.3 Å². The minimum Gasteiger partial charge on any atom is -0.493 e. The number of nitriles is 1. The van der Waals surface area contributed by atoms with Crippen LogP contribution in [0.1, 0.15) is 46.7 Å². The number of ketones is 1. The quantitative estimate of drug-likeness (QED) is 0.668. The maximum Gasteiger partial charge on any atom is 0.211 e. The minimum absolute atomic E-state index is 0.101. The van der Waals surface area contributed by atoms with E-state index in [0.29, 0.717) is 22.4 Å². The molecule has 2 N–H and O–H groups in total. The maximum absolute atomic E-state index is 12.9. The highest BCUT2D eigenvalue weighted by Crippen LogP contribution is 2.43. The molecule has 1 aliphatic rings. The second kappa shape index (κ2) is 4.20. The lowest BCUT2D eigenvalue weighted by Crippen LogP contribution is -2.31. The molecule has 0 spiro atoms. The van der Waals surface area contributed by atoms with Gasteiger partial charge in [-0.2, -0.15) is 5.26 Å². The van der Waals surface area contributed by atoms with Gasteiger partial charge < -0.3 is 10.1 Å². The van der Waals surface area contributed by atoms with Crippen LogP contribution in [0.4, 0.5) is 0 Å². The molecule has 1 aliphatic carbocycles. The van der Waals surface area contributed by atoms with Gasteiger partial charge in [0.05, 0.1) is 22.9 Å². The largest absolute Gasteiger partial charge is 0.493 e. The molecule has 0 amide bonds. The standard InChI is InChI=1S/C18H13N3O2/c1-18(2)16-11(5-6-13(22)21-16)15(23)14-10-4-3-9(8-19)7-12(10)20-17(14)18/h3-7,20H,1-2H3,(H,21,22). The SMILES string of the molecule is CC1(C)c2nc(O)ccc2C(=O)c2c1[nH]c1cc(C#N)ccc21. The summed E-state index contributed by atoms with van der Waals surface area (Å²) in [5.41, 5.74) is 3.19. The van der Waals surface area contributed by atoms with E-state index in [4.69, 9.17) is 5.26 Å². The van der Waals surface area contributed by atoms with E-state index in [9.17, 15) is 9.90 Å². The third-order valence-electron chi connectivity index (χ3n) is 4.50. The first-order chi connectivity index (χ1) is 10.9. The molecule has 3 aromatic rings. The molecule has 1 aromatic carbocycles. The highest BCUT2D eigenvalue weighted by Gasteiger charge is 2.41. The van der Waals surface area contributed by atoms with Gasteiger partial charge in [-0.1, -0.05) is 6.07 Å². The Morgan fingerprint density at radius 1 is 1.26 bits per heavy atom. The van der Waals surface area contributed by atoms with E-state index in [2.05, 4.69) is 16.0 Å². The summed E-state index contributed by atoms with van der Waals surface area (Å²) in [6, 6.07) is 10.4. The van der Waals surface area contributed by atoms with Crippen molar-refractivity contribution in [1.82, 2.24) is 9.97 Å². The second-order valence-corrected chi connectivity index (χ2v) is 6.27. The number of fused-ring (bicyclic) bond motifs is 4. The number of hydrogen-bond donors (Lipinski definition) is 2. The average Bonchev–Trinajstić information content (AvgIpc) is 2.92. The zero-order chi connectivity index (χ0) is 16.4. The van der Waals surface area contributed by atoms with Crippen LogP contribution in [0.2, 0.25) is 0 Å². The summed E-state index contributed by atoms with van der Waals surface area (Å²) in [5.74, 6) is -0.214. The lowest BCUT2D eigenvalue weighted by molar-refractivity contribution is 0.103. The Morgan fingerprint density at radius 2 is 2.04 bits per heavy atom. The fraction of sp³-hybridized carbons (Fsp3) is 0.167. The monoisotopic (exact) mass is 303 g/mol. The molecule has 0 saturated carbocycles. The molecule has 0 unspecified atom stereocenters. The van der Waals surface area contributed by atoms with Crippen LogP contribution in [0.25, 0.3) is 10.9 Å². The van der Waals surface area contributed by atoms with E-state index in [0.717, 1.165) is 16.6 Å². The molecule has 0 fully saturated rings. The molecular weight excluding hydrogens is 290 g/mol. The summed E-state index contributed by atoms with van der Waals surface area (Å²) in [6.45, 7) is 3.92. The molecule has 0 bridgehead atoms. The molecule has 0 aliphatic heterocycles. The summed E-state index contributed by atoms with van der Waals surface area (Å²) in [6.07, 6.45) is 0. The van der Waals surface area contributed by atoms with Crippen LogP contribution in [0, 0.1) is 11.3 Å². The van der Waals surface area contributed by atoms with Gasteiger partial charge in [0.15, 0.2) is 5.78 Å². The number of aromatic hydroxyl groups is 1. The van der Waals surface area contributed by atoms with Crippen LogP contribution >= 0.6 is 0 Å². The van der Waals surface area contributed by atoms with Crippen LogP contribution in [0.3, 0.4) is 0 Å². The van der Waals surface area contributed by atoms with Crippen LogP contribution < -0.4 is 0 Å². The number of hydrogen-bond acceptors (Lipinski definition) is 4. The van der Waals surface area contributed by atoms with Gasteiger partial charge in [-0.05, 0) is 32.0 Å². The Bertz CT molecular complexity index is 1040. The van der Waals surface area contributed by atoms with Crippen LogP contribution in [0.15, 0.2) is 30.3 Å². The molecule has 23 heavy (non-hydrogen) atoms. The number of carbonyl (C=O) groups is 1. The van der Waals surface area contributed by atoms with Gasteiger partial charge in [-0.25, -0.2) is 4.98 Å². The van der Waals surface area contributed by atoms with Crippen molar-refractivity contribution in [3.8, 4) is 11.9 Å². The van der Waals surface area contributed by atoms with Gasteiger partial charge in [0, 0.05) is 33.6 Å². The smallest absolute Gasteiger partial charge is 0.211 e. The van der Waals surface area contributed by atoms with E-state index in [1.807, 2.05) is 13.8 Å². The van der Waals surface area contributed by atoms with Crippen molar-refractivity contribution in [1.29, 1.82) is 5.26 Å². The molecule has 5 heteroatoms. The first-order valence-corrected chi connectivity index (χ1v) is 7.25. The molecular formula is C18H13N3O2. The number of aromatic nitrogens is 2. The summed E-state index contributed by atoms with van der Waals surface area (Å²) in [7, 11) is 0. The van der Waals surface area contributed by atoms with Crippen molar-refractivity contribution in [3.05, 3.63) is 58.4 Å². The number of nitrogens with one attached hydrogen (secondary N) is 1. The lowest BCUT2D eigenvalue weighted by Gasteiger charge is -2.30. The number of benzene rings is 1. The molecule has 0 saturated heterocycles. The van der Waals surface area contributed by atoms with Gasteiger partial charge in [-0.15, -0.1) is 0 Å². The number of pyridine rings is 1. The van der Waals surface area contributed by atoms with E-state index < -0.39 is 5.41 Å². The summed E-state index contributed by atoms with van der Waals surface area (Å²) in [4.78, 5) is 20.4. The minimum atomic E-state index is -0.552. The second-order valence-electron chi connectivity index (χ2n) is 6.27. The average molecular weight is 303 g/mol. The van der Waals surface area contributed by atoms with Crippen LogP contribution in [0.5, 0.6) is 5.88 Å². The Hall–Kier alpha value is -3.13. The molecule has 4 rings (SSSR count). The van der Waals surface area contributed by atoms with E-state index in [1.165, 1.54) is 6.07 Å². The van der Waals surface area contributed by atoms with Crippen molar-refractivity contribution in [3.63, 3.8) is 0 Å². The molecule has 0 radical (unpaired) electrons. The summed E-state index contributed by atoms with van der Waals surface area (Å²) < 4.78 is 0. The van der Waals surface area contributed by atoms with E-state index in [-0.39, 0.29) is 11.7 Å². The van der Waals surface area contributed by atoms with Gasteiger partial charge in [0.1, 0.15) is 0 Å². The zero-order valence-electron chi connectivity index (χ0n) is 12.6. The van der Waals surface area contributed by atoms with Crippen molar-refractivity contribution < 1.29 is 9.90 Å². The summed E-state index contributed by atoms with van der Waals surface area (Å²) >= 11 is 0. The number of aromatic amines is 1. The Balaban J connectivity index is 2.10. The number of carbonyl (C=O) groups excluding carboxylic acids is 1. The first-order valence-electron chi connectivity index (χ1n) is 7.25. The van der Waals surface area contributed by atoms with Gasteiger partial charge >= 0.3 is 0 Å². The Morgan fingerprint density at radius 3 is 2.78 bits per heavy atom. The number of H-pyrrole nitrogens is 1. The molecule has 5 nitrogen and oxygen atoms in total. The highest BCUT2D eigenvalue weighted by atomic mass is 16.3. The van der Waals surface area contributed by atoms with Gasteiger partial charge in [-0.3, -0.25) is 4.79 Å². The molecule has 2 heterocycles. The normalized spacial score (nSPS) is 15.1. The van der Waals surface area contributed by atoms with Crippen LogP contribution in [-0.2, 0) is 5.41 Å². The fourth-order valence-corrected chi connectivity index (χ4v) is 3.33. The predicted octanol–water partition coefficient (Wildman–Crippen LogP) is 3.01. The van der Waals surface area contributed by atoms with Gasteiger partial charge in [0.25, 0.3) is 0 Å². The topological polar surface area (TPSA) is 89.8 Å². The van der Waals surface area contributed by atoms with Crippen molar-refractivity contribution >= 4 is 16.7 Å². The third-order valence-corrected chi connectivity index (χ3v) is 4.50. The maximum atomic E-state index is 12.9. The number of nitrogens with zero attached hydrogens (tertiary/aromatic N) is 2. The molecule has 2 aromatic heterocycles. The highest BCUT2D eigenvalue weighted by molar-refractivity contribution is 6.19. The molecule has 112 valence electrons. The summed E-state index contributed by atoms with van der Waals surface area (Å²) in [5, 5.41) is 19.6. The third kappa shape index (κ3) is 1.66. The first kappa shape index (κ1) is 13.5. The van der Waals surface area contributed by atoms with E-state index >= 15 is 0 Å². The predicted molar refractivity (Wildman–Crippen MR) is 84.5 cm³/mol. The molecule has 0 atom stereocenters. The van der Waals surface area contributed by atoms with Gasteiger partial charge in [0.2, 0.25) is 5.88 Å². The van der Waals surface area contributed by atoms with Crippen molar-refractivity contribution in [2.75, 3.05) is 0 Å². The van der Waals surface area contributed by atoms with E-state index in [1.54, 1.807) is 24.3 Å². The fourth-order valence-electron chi connectivity index (χ4n) is 3.33. The Labute approximate surface area is 132 Å². The zero-order valence-corrected chi connectivity index (χ0v) is 12.6. The number of rotatable bonds is 0. The lowest BCUT2D eigenvalue weighted by atomic mass is 9.74. The van der Waals surface area contributed by atoms with Crippen molar-refractivity contribution in [2.24, 2.45) is 0 Å². The van der Waals surface area contributed by atoms with Crippen LogP contribution in [-0.4, -0.2) is 20.9 Å².